The van der Waals surface area contributed by atoms with Crippen LogP contribution in [0, 0.1) is 0 Å². The summed E-state index contributed by atoms with van der Waals surface area (Å²) < 4.78 is 7.34. The second-order valence-corrected chi connectivity index (χ2v) is 5.95. The number of nitrogens with one attached hydrogen (secondary N) is 1. The minimum atomic E-state index is -1.21. The zero-order valence-electron chi connectivity index (χ0n) is 13.4. The summed E-state index contributed by atoms with van der Waals surface area (Å²) in [5, 5.41) is 12.6. The number of carboxylic acids is 1. The van der Waals surface area contributed by atoms with Crippen LogP contribution in [0.1, 0.15) is 12.8 Å². The van der Waals surface area contributed by atoms with E-state index in [1.54, 1.807) is 6.33 Å². The van der Waals surface area contributed by atoms with Crippen molar-refractivity contribution in [2.75, 3.05) is 18.5 Å². The molecule has 3 heterocycles. The fourth-order valence-electron chi connectivity index (χ4n) is 3.05. The van der Waals surface area contributed by atoms with E-state index < -0.39 is 11.6 Å². The fourth-order valence-corrected chi connectivity index (χ4v) is 3.05. The van der Waals surface area contributed by atoms with Gasteiger partial charge in [0.1, 0.15) is 12.7 Å². The van der Waals surface area contributed by atoms with Crippen molar-refractivity contribution >= 4 is 23.0 Å². The third-order valence-electron chi connectivity index (χ3n) is 4.40. The smallest absolute Gasteiger partial charge is 0.337 e. The highest BCUT2D eigenvalue weighted by Crippen LogP contribution is 2.27. The molecule has 4 rings (SSSR count). The molecule has 1 atom stereocenters. The average molecular weight is 339 g/mol. The van der Waals surface area contributed by atoms with Gasteiger partial charge in [-0.15, -0.1) is 0 Å². The van der Waals surface area contributed by atoms with Crippen LogP contribution in [0.5, 0.6) is 0 Å². The molecule has 3 aromatic rings. The van der Waals surface area contributed by atoms with E-state index in [1.165, 1.54) is 6.33 Å². The first-order valence-corrected chi connectivity index (χ1v) is 8.04. The van der Waals surface area contributed by atoms with Gasteiger partial charge in [0.25, 0.3) is 0 Å². The third kappa shape index (κ3) is 2.70. The van der Waals surface area contributed by atoms with Crippen molar-refractivity contribution < 1.29 is 14.6 Å². The van der Waals surface area contributed by atoms with E-state index in [4.69, 9.17) is 4.74 Å². The van der Waals surface area contributed by atoms with E-state index in [1.807, 2.05) is 34.9 Å². The molecule has 0 radical (unpaired) electrons. The Morgan fingerprint density at radius 2 is 2.12 bits per heavy atom. The predicted octanol–water partition coefficient (Wildman–Crippen LogP) is 1.86. The summed E-state index contributed by atoms with van der Waals surface area (Å²) in [6, 6.07) is 9.74. The summed E-state index contributed by atoms with van der Waals surface area (Å²) in [5.41, 5.74) is 0.973. The zero-order valence-corrected chi connectivity index (χ0v) is 13.4. The maximum absolute atomic E-state index is 11.6. The highest BCUT2D eigenvalue weighted by atomic mass is 16.5. The standard InChI is InChI=1S/C17H17N5O3/c23-16(24)17(7-4-8-25-17)9-18-14-13-15(20-10-19-14)22(11-21-13)12-5-2-1-3-6-12/h1-3,5-6,10-11H,4,7-9H2,(H,23,24)(H,18,19,20). The van der Waals surface area contributed by atoms with Gasteiger partial charge >= 0.3 is 5.97 Å². The van der Waals surface area contributed by atoms with E-state index in [9.17, 15) is 9.90 Å². The molecule has 128 valence electrons. The SMILES string of the molecule is O=C(O)C1(CNc2ncnc3c2ncn3-c2ccccc2)CCCO1. The van der Waals surface area contributed by atoms with Gasteiger partial charge in [-0.2, -0.15) is 0 Å². The highest BCUT2D eigenvalue weighted by molar-refractivity contribution is 5.85. The monoisotopic (exact) mass is 339 g/mol. The average Bonchev–Trinajstić information content (AvgIpc) is 3.29. The quantitative estimate of drug-likeness (QED) is 0.731. The van der Waals surface area contributed by atoms with Crippen molar-refractivity contribution in [2.24, 2.45) is 0 Å². The Labute approximate surface area is 143 Å². The lowest BCUT2D eigenvalue weighted by Gasteiger charge is -2.23. The van der Waals surface area contributed by atoms with Crippen LogP contribution < -0.4 is 5.32 Å². The van der Waals surface area contributed by atoms with Crippen LogP contribution in [0.4, 0.5) is 5.82 Å². The number of carbonyl (C=O) groups is 1. The summed E-state index contributed by atoms with van der Waals surface area (Å²) in [6.07, 6.45) is 4.32. The highest BCUT2D eigenvalue weighted by Gasteiger charge is 2.43. The summed E-state index contributed by atoms with van der Waals surface area (Å²) >= 11 is 0. The van der Waals surface area contributed by atoms with Crippen molar-refractivity contribution in [1.82, 2.24) is 19.5 Å². The van der Waals surface area contributed by atoms with E-state index >= 15 is 0 Å². The van der Waals surface area contributed by atoms with Crippen molar-refractivity contribution in [3.63, 3.8) is 0 Å². The topological polar surface area (TPSA) is 102 Å². The van der Waals surface area contributed by atoms with Gasteiger partial charge in [0.05, 0.1) is 6.54 Å². The molecule has 0 amide bonds. The number of nitrogens with zero attached hydrogens (tertiary/aromatic N) is 4. The van der Waals surface area contributed by atoms with E-state index in [0.29, 0.717) is 30.0 Å². The second-order valence-electron chi connectivity index (χ2n) is 5.95. The van der Waals surface area contributed by atoms with Crippen molar-refractivity contribution in [3.05, 3.63) is 43.0 Å². The Morgan fingerprint density at radius 1 is 1.28 bits per heavy atom. The molecule has 0 spiro atoms. The zero-order chi connectivity index (χ0) is 17.3. The second kappa shape index (κ2) is 6.14. The molecule has 1 aliphatic heterocycles. The molecule has 0 bridgehead atoms. The Morgan fingerprint density at radius 3 is 2.84 bits per heavy atom. The Hall–Kier alpha value is -3.00. The number of imidazole rings is 1. The molecule has 0 saturated carbocycles. The first kappa shape index (κ1) is 15.5. The van der Waals surface area contributed by atoms with Crippen molar-refractivity contribution in [1.29, 1.82) is 0 Å². The molecule has 1 aliphatic rings. The third-order valence-corrected chi connectivity index (χ3v) is 4.40. The summed E-state index contributed by atoms with van der Waals surface area (Å²) in [6.45, 7) is 0.586. The Bertz CT molecular complexity index is 903. The summed E-state index contributed by atoms with van der Waals surface area (Å²) in [4.78, 5) is 24.5. The molecule has 1 unspecified atom stereocenters. The molecule has 1 fully saturated rings. The largest absolute Gasteiger partial charge is 0.479 e. The number of benzene rings is 1. The van der Waals surface area contributed by atoms with Crippen LogP contribution in [0.3, 0.4) is 0 Å². The number of aliphatic carboxylic acids is 1. The maximum atomic E-state index is 11.6. The van der Waals surface area contributed by atoms with Crippen LogP contribution in [0.25, 0.3) is 16.9 Å². The Balaban J connectivity index is 1.65. The number of carboxylic acid groups (broad SMARTS) is 1. The molecule has 25 heavy (non-hydrogen) atoms. The molecule has 2 aromatic heterocycles. The van der Waals surface area contributed by atoms with E-state index in [2.05, 4.69) is 20.3 Å². The van der Waals surface area contributed by atoms with Gasteiger partial charge in [-0.3, -0.25) is 4.57 Å². The van der Waals surface area contributed by atoms with Gasteiger partial charge in [0, 0.05) is 12.3 Å². The number of hydrogen-bond donors (Lipinski definition) is 2. The minimum absolute atomic E-state index is 0.132. The van der Waals surface area contributed by atoms with E-state index in [0.717, 1.165) is 12.1 Å². The molecule has 8 nitrogen and oxygen atoms in total. The predicted molar refractivity (Wildman–Crippen MR) is 90.7 cm³/mol. The number of anilines is 1. The van der Waals surface area contributed by atoms with Crippen LogP contribution >= 0.6 is 0 Å². The number of hydrogen-bond acceptors (Lipinski definition) is 6. The van der Waals surface area contributed by atoms with Crippen LogP contribution in [-0.4, -0.2) is 49.3 Å². The first-order chi connectivity index (χ1) is 12.2. The lowest BCUT2D eigenvalue weighted by atomic mass is 10.0. The first-order valence-electron chi connectivity index (χ1n) is 8.04. The van der Waals surface area contributed by atoms with Gasteiger partial charge < -0.3 is 15.2 Å². The molecule has 1 aromatic carbocycles. The molecule has 0 aliphatic carbocycles. The lowest BCUT2D eigenvalue weighted by molar-refractivity contribution is -0.158. The molecule has 2 N–H and O–H groups in total. The molecule has 1 saturated heterocycles. The molecular formula is C17H17N5O3. The maximum Gasteiger partial charge on any atom is 0.337 e. The van der Waals surface area contributed by atoms with Crippen LogP contribution in [0.2, 0.25) is 0 Å². The van der Waals surface area contributed by atoms with Crippen LogP contribution in [0.15, 0.2) is 43.0 Å². The lowest BCUT2D eigenvalue weighted by Crippen LogP contribution is -2.44. The number of fused-ring (bicyclic) bond motifs is 1. The normalized spacial score (nSPS) is 20.0. The van der Waals surface area contributed by atoms with Gasteiger partial charge in [0.15, 0.2) is 22.6 Å². The number of aromatic nitrogens is 4. The fraction of sp³-hybridized carbons (Fsp3) is 0.294. The number of para-hydroxylation sites is 1. The van der Waals surface area contributed by atoms with Gasteiger partial charge in [-0.25, -0.2) is 19.7 Å². The van der Waals surface area contributed by atoms with Crippen molar-refractivity contribution in [3.8, 4) is 5.69 Å². The molecule has 8 heteroatoms. The summed E-state index contributed by atoms with van der Waals surface area (Å²) in [5.74, 6) is -0.464. The van der Waals surface area contributed by atoms with E-state index in [-0.39, 0.29) is 6.54 Å². The number of rotatable bonds is 5. The van der Waals surface area contributed by atoms with Crippen LogP contribution in [-0.2, 0) is 9.53 Å². The van der Waals surface area contributed by atoms with Gasteiger partial charge in [-0.05, 0) is 25.0 Å². The van der Waals surface area contributed by atoms with Gasteiger partial charge in [0.2, 0.25) is 0 Å². The van der Waals surface area contributed by atoms with Gasteiger partial charge in [-0.1, -0.05) is 18.2 Å². The molecular weight excluding hydrogens is 322 g/mol. The summed E-state index contributed by atoms with van der Waals surface area (Å²) in [7, 11) is 0. The number of ether oxygens (including phenoxy) is 1. The minimum Gasteiger partial charge on any atom is -0.479 e. The Kier molecular flexibility index (Phi) is 3.81. The van der Waals surface area contributed by atoms with Crippen molar-refractivity contribution in [2.45, 2.75) is 18.4 Å².